The number of hydrogen-bond acceptors (Lipinski definition) is 5. The van der Waals surface area contributed by atoms with E-state index in [4.69, 9.17) is 9.26 Å². The molecule has 1 N–H and O–H groups in total. The molecule has 0 aliphatic heterocycles. The van der Waals surface area contributed by atoms with Gasteiger partial charge in [-0.3, -0.25) is 0 Å². The molecule has 0 atom stereocenters. The van der Waals surface area contributed by atoms with Gasteiger partial charge in [0.15, 0.2) is 11.3 Å². The topological polar surface area (TPSA) is 72.6 Å². The summed E-state index contributed by atoms with van der Waals surface area (Å²) in [5.74, 6) is -0.280. The fourth-order valence-electron chi connectivity index (χ4n) is 2.12. The summed E-state index contributed by atoms with van der Waals surface area (Å²) in [5, 5.41) is 13.7. The van der Waals surface area contributed by atoms with Crippen LogP contribution in [0.15, 0.2) is 47.0 Å². The highest BCUT2D eigenvalue weighted by Crippen LogP contribution is 2.27. The number of carbonyl (C=O) groups excluding carboxylic acids is 1. The fourth-order valence-corrected chi connectivity index (χ4v) is 2.12. The lowest BCUT2D eigenvalue weighted by atomic mass is 10.0. The molecule has 0 saturated heterocycles. The van der Waals surface area contributed by atoms with Gasteiger partial charge < -0.3 is 14.4 Å². The average molecular weight is 283 g/mol. The van der Waals surface area contributed by atoms with Crippen LogP contribution in [0.5, 0.6) is 5.75 Å². The molecule has 0 spiro atoms. The van der Waals surface area contributed by atoms with Crippen molar-refractivity contribution >= 4 is 16.9 Å². The zero-order valence-electron chi connectivity index (χ0n) is 11.4. The summed E-state index contributed by atoms with van der Waals surface area (Å²) >= 11 is 0. The zero-order chi connectivity index (χ0) is 14.8. The normalized spacial score (nSPS) is 10.7. The molecule has 21 heavy (non-hydrogen) atoms. The van der Waals surface area contributed by atoms with Crippen LogP contribution < -0.4 is 0 Å². The molecule has 1 aromatic heterocycles. The summed E-state index contributed by atoms with van der Waals surface area (Å²) < 4.78 is 10.1. The number of phenols is 1. The van der Waals surface area contributed by atoms with Crippen molar-refractivity contribution in [3.8, 4) is 16.9 Å². The Morgan fingerprint density at radius 3 is 2.62 bits per heavy atom. The van der Waals surface area contributed by atoms with Gasteiger partial charge in [-0.15, -0.1) is 0 Å². The van der Waals surface area contributed by atoms with E-state index >= 15 is 0 Å². The lowest BCUT2D eigenvalue weighted by molar-refractivity contribution is 0.0517. The number of rotatable bonds is 3. The van der Waals surface area contributed by atoms with Crippen LogP contribution in [0, 0.1) is 0 Å². The van der Waals surface area contributed by atoms with Crippen LogP contribution in [-0.2, 0) is 4.74 Å². The van der Waals surface area contributed by atoms with Crippen molar-refractivity contribution in [3.63, 3.8) is 0 Å². The van der Waals surface area contributed by atoms with Crippen LogP contribution in [0.25, 0.3) is 22.1 Å². The van der Waals surface area contributed by atoms with Crippen molar-refractivity contribution < 1.29 is 19.2 Å². The summed E-state index contributed by atoms with van der Waals surface area (Å²) in [4.78, 5) is 11.7. The number of esters is 1. The third-order valence-electron chi connectivity index (χ3n) is 3.14. The molecule has 1 heterocycles. The molecule has 3 rings (SSSR count). The largest absolute Gasteiger partial charge is 0.508 e. The van der Waals surface area contributed by atoms with E-state index in [-0.39, 0.29) is 11.4 Å². The minimum absolute atomic E-state index is 0.184. The van der Waals surface area contributed by atoms with Gasteiger partial charge in [-0.1, -0.05) is 23.4 Å². The fraction of sp³-hybridized carbons (Fsp3) is 0.125. The van der Waals surface area contributed by atoms with Crippen LogP contribution in [0.4, 0.5) is 0 Å². The van der Waals surface area contributed by atoms with Gasteiger partial charge in [-0.25, -0.2) is 4.79 Å². The van der Waals surface area contributed by atoms with Gasteiger partial charge in [0.2, 0.25) is 0 Å². The molecular weight excluding hydrogens is 270 g/mol. The van der Waals surface area contributed by atoms with Crippen molar-refractivity contribution in [1.29, 1.82) is 0 Å². The number of benzene rings is 2. The average Bonchev–Trinajstić information content (AvgIpc) is 2.91. The Morgan fingerprint density at radius 1 is 1.19 bits per heavy atom. The molecule has 2 aromatic carbocycles. The molecular formula is C16H13NO4. The highest BCUT2D eigenvalue weighted by Gasteiger charge is 2.17. The molecule has 0 unspecified atom stereocenters. The van der Waals surface area contributed by atoms with Gasteiger partial charge in [0.25, 0.3) is 0 Å². The number of hydrogen-bond donors (Lipinski definition) is 1. The second-order valence-corrected chi connectivity index (χ2v) is 4.51. The minimum Gasteiger partial charge on any atom is -0.508 e. The smallest absolute Gasteiger partial charge is 0.361 e. The van der Waals surface area contributed by atoms with Gasteiger partial charge in [0.1, 0.15) is 5.75 Å². The molecule has 0 saturated carbocycles. The predicted octanol–water partition coefficient (Wildman–Crippen LogP) is 3.38. The van der Waals surface area contributed by atoms with E-state index in [1.54, 1.807) is 43.3 Å². The van der Waals surface area contributed by atoms with Gasteiger partial charge in [-0.2, -0.15) is 0 Å². The molecule has 0 bridgehead atoms. The monoisotopic (exact) mass is 283 g/mol. The first-order valence-electron chi connectivity index (χ1n) is 6.55. The number of aromatic hydroxyl groups is 1. The number of fused-ring (bicyclic) bond motifs is 1. The molecule has 0 amide bonds. The van der Waals surface area contributed by atoms with Crippen molar-refractivity contribution in [2.75, 3.05) is 6.61 Å². The summed E-state index contributed by atoms with van der Waals surface area (Å²) in [6.07, 6.45) is 0. The lowest BCUT2D eigenvalue weighted by Gasteiger charge is -2.02. The predicted molar refractivity (Wildman–Crippen MR) is 77.1 cm³/mol. The molecule has 0 aliphatic carbocycles. The highest BCUT2D eigenvalue weighted by atomic mass is 16.5. The SMILES string of the molecule is CCOC(=O)c1noc2cc(-c3ccc(O)cc3)ccc12. The highest BCUT2D eigenvalue weighted by molar-refractivity contribution is 6.02. The second-order valence-electron chi connectivity index (χ2n) is 4.51. The Labute approximate surface area is 120 Å². The van der Waals surface area contributed by atoms with Crippen LogP contribution in [0.3, 0.4) is 0 Å². The van der Waals surface area contributed by atoms with Crippen LogP contribution in [0.2, 0.25) is 0 Å². The van der Waals surface area contributed by atoms with Crippen molar-refractivity contribution in [2.24, 2.45) is 0 Å². The summed E-state index contributed by atoms with van der Waals surface area (Å²) in [6.45, 7) is 2.03. The molecule has 5 nitrogen and oxygen atoms in total. The van der Waals surface area contributed by atoms with E-state index in [0.717, 1.165) is 11.1 Å². The maximum absolute atomic E-state index is 11.7. The Balaban J connectivity index is 2.02. The second kappa shape index (κ2) is 5.28. The standard InChI is InChI=1S/C16H13NO4/c1-2-20-16(19)15-13-8-5-11(9-14(13)21-17-15)10-3-6-12(18)7-4-10/h3-9,18H,2H2,1H3. The van der Waals surface area contributed by atoms with E-state index in [0.29, 0.717) is 17.6 Å². The molecule has 0 fully saturated rings. The Kier molecular flexibility index (Phi) is 3.31. The van der Waals surface area contributed by atoms with E-state index in [9.17, 15) is 9.90 Å². The first-order chi connectivity index (χ1) is 10.2. The third kappa shape index (κ3) is 2.45. The Hall–Kier alpha value is -2.82. The summed E-state index contributed by atoms with van der Waals surface area (Å²) in [5.41, 5.74) is 2.55. The van der Waals surface area contributed by atoms with Gasteiger partial charge >= 0.3 is 5.97 Å². The Bertz CT molecular complexity index is 790. The van der Waals surface area contributed by atoms with E-state index < -0.39 is 5.97 Å². The quantitative estimate of drug-likeness (QED) is 0.746. The van der Waals surface area contributed by atoms with Gasteiger partial charge in [-0.05, 0) is 42.3 Å². The maximum atomic E-state index is 11.7. The first kappa shape index (κ1) is 13.2. The van der Waals surface area contributed by atoms with Gasteiger partial charge in [0.05, 0.1) is 12.0 Å². The van der Waals surface area contributed by atoms with Crippen LogP contribution >= 0.6 is 0 Å². The lowest BCUT2D eigenvalue weighted by Crippen LogP contribution is -2.05. The van der Waals surface area contributed by atoms with Crippen LogP contribution in [0.1, 0.15) is 17.4 Å². The number of nitrogens with zero attached hydrogens (tertiary/aromatic N) is 1. The molecule has 5 heteroatoms. The summed E-state index contributed by atoms with van der Waals surface area (Å²) in [6, 6.07) is 12.3. The molecule has 0 aliphatic rings. The Morgan fingerprint density at radius 2 is 1.90 bits per heavy atom. The number of aromatic nitrogens is 1. The molecule has 0 radical (unpaired) electrons. The third-order valence-corrected chi connectivity index (χ3v) is 3.14. The van der Waals surface area contributed by atoms with E-state index in [1.807, 2.05) is 6.07 Å². The number of carbonyl (C=O) groups is 1. The summed E-state index contributed by atoms with van der Waals surface area (Å²) in [7, 11) is 0. The number of phenolic OH excluding ortho intramolecular Hbond substituents is 1. The molecule has 106 valence electrons. The van der Waals surface area contributed by atoms with Gasteiger partial charge in [0, 0.05) is 0 Å². The first-order valence-corrected chi connectivity index (χ1v) is 6.55. The van der Waals surface area contributed by atoms with E-state index in [1.165, 1.54) is 0 Å². The maximum Gasteiger partial charge on any atom is 0.361 e. The van der Waals surface area contributed by atoms with Crippen LogP contribution in [-0.4, -0.2) is 22.8 Å². The van der Waals surface area contributed by atoms with Crippen molar-refractivity contribution in [1.82, 2.24) is 5.16 Å². The zero-order valence-corrected chi connectivity index (χ0v) is 11.4. The van der Waals surface area contributed by atoms with Crippen molar-refractivity contribution in [2.45, 2.75) is 6.92 Å². The number of ether oxygens (including phenoxy) is 1. The minimum atomic E-state index is -0.492. The molecule has 3 aromatic rings. The van der Waals surface area contributed by atoms with Crippen molar-refractivity contribution in [3.05, 3.63) is 48.2 Å². The van der Waals surface area contributed by atoms with E-state index in [2.05, 4.69) is 5.16 Å².